The average Bonchev–Trinajstić information content (AvgIpc) is 2.80. The standard InChI is InChI=1S/C23H17F2N3O3S/c1-31-20-9-5-4-8-19(20)28-22(30)15-6-2-3-7-18(15)27-23(28)32-13-21(29)26-14-10-11-16(24)17(25)12-14/h2-12H,13H2,1H3,(H,26,29). The summed E-state index contributed by atoms with van der Waals surface area (Å²) >= 11 is 1.04. The number of fused-ring (bicyclic) bond motifs is 1. The lowest BCUT2D eigenvalue weighted by Crippen LogP contribution is -2.23. The maximum absolute atomic E-state index is 13.4. The molecule has 1 aromatic heterocycles. The number of nitrogens with zero attached hydrogens (tertiary/aromatic N) is 2. The second-order valence-corrected chi connectivity index (χ2v) is 7.63. The summed E-state index contributed by atoms with van der Waals surface area (Å²) in [6.45, 7) is 0. The van der Waals surface area contributed by atoms with Gasteiger partial charge in [0.25, 0.3) is 5.56 Å². The molecular formula is C23H17F2N3O3S. The molecule has 32 heavy (non-hydrogen) atoms. The highest BCUT2D eigenvalue weighted by Crippen LogP contribution is 2.27. The summed E-state index contributed by atoms with van der Waals surface area (Å²) in [6.07, 6.45) is 0. The normalized spacial score (nSPS) is 10.8. The highest BCUT2D eigenvalue weighted by molar-refractivity contribution is 7.99. The molecule has 0 aliphatic carbocycles. The number of thioether (sulfide) groups is 1. The molecule has 162 valence electrons. The number of hydrogen-bond acceptors (Lipinski definition) is 5. The first-order valence-corrected chi connectivity index (χ1v) is 10.5. The Hall–Kier alpha value is -3.72. The minimum atomic E-state index is -1.06. The Labute approximate surface area is 185 Å². The Balaban J connectivity index is 1.69. The maximum Gasteiger partial charge on any atom is 0.266 e. The van der Waals surface area contributed by atoms with E-state index in [1.54, 1.807) is 48.5 Å². The van der Waals surface area contributed by atoms with E-state index < -0.39 is 17.5 Å². The highest BCUT2D eigenvalue weighted by Gasteiger charge is 2.17. The lowest BCUT2D eigenvalue weighted by molar-refractivity contribution is -0.113. The summed E-state index contributed by atoms with van der Waals surface area (Å²) in [5.74, 6) is -2.16. The predicted octanol–water partition coefficient (Wildman–Crippen LogP) is 4.40. The largest absolute Gasteiger partial charge is 0.495 e. The van der Waals surface area contributed by atoms with E-state index in [9.17, 15) is 18.4 Å². The minimum Gasteiger partial charge on any atom is -0.495 e. The Bertz CT molecular complexity index is 1370. The average molecular weight is 453 g/mol. The van der Waals surface area contributed by atoms with Gasteiger partial charge in [-0.2, -0.15) is 0 Å². The van der Waals surface area contributed by atoms with Gasteiger partial charge in [-0.05, 0) is 36.4 Å². The van der Waals surface area contributed by atoms with Crippen LogP contribution in [0.4, 0.5) is 14.5 Å². The van der Waals surface area contributed by atoms with Crippen LogP contribution in [0.1, 0.15) is 0 Å². The van der Waals surface area contributed by atoms with Gasteiger partial charge >= 0.3 is 0 Å². The third-order valence-electron chi connectivity index (χ3n) is 4.61. The van der Waals surface area contributed by atoms with E-state index in [0.29, 0.717) is 27.5 Å². The third kappa shape index (κ3) is 4.33. The summed E-state index contributed by atoms with van der Waals surface area (Å²) in [6, 6.07) is 17.0. The van der Waals surface area contributed by atoms with Crippen molar-refractivity contribution in [3.05, 3.63) is 88.7 Å². The molecule has 0 saturated carbocycles. The topological polar surface area (TPSA) is 73.2 Å². The maximum atomic E-state index is 13.4. The molecule has 0 radical (unpaired) electrons. The number of para-hydroxylation sites is 3. The van der Waals surface area contributed by atoms with Crippen LogP contribution in [0, 0.1) is 11.6 Å². The van der Waals surface area contributed by atoms with Crippen LogP contribution in [-0.2, 0) is 4.79 Å². The van der Waals surface area contributed by atoms with Gasteiger partial charge in [-0.15, -0.1) is 0 Å². The second-order valence-electron chi connectivity index (χ2n) is 6.69. The van der Waals surface area contributed by atoms with Gasteiger partial charge in [0.1, 0.15) is 5.75 Å². The zero-order valence-electron chi connectivity index (χ0n) is 16.8. The predicted molar refractivity (Wildman–Crippen MR) is 120 cm³/mol. The molecule has 4 rings (SSSR count). The van der Waals surface area contributed by atoms with Gasteiger partial charge in [-0.3, -0.25) is 14.2 Å². The molecule has 0 aliphatic heterocycles. The van der Waals surface area contributed by atoms with E-state index in [1.165, 1.54) is 17.7 Å². The second kappa shape index (κ2) is 9.19. The summed E-state index contributed by atoms with van der Waals surface area (Å²) in [5, 5.41) is 3.22. The zero-order valence-corrected chi connectivity index (χ0v) is 17.7. The van der Waals surface area contributed by atoms with Crippen molar-refractivity contribution in [2.75, 3.05) is 18.2 Å². The molecule has 0 aliphatic rings. The van der Waals surface area contributed by atoms with Crippen molar-refractivity contribution in [3.63, 3.8) is 0 Å². The molecule has 0 unspecified atom stereocenters. The van der Waals surface area contributed by atoms with Crippen LogP contribution in [0.15, 0.2) is 76.7 Å². The van der Waals surface area contributed by atoms with Crippen molar-refractivity contribution in [1.29, 1.82) is 0 Å². The molecule has 9 heteroatoms. The van der Waals surface area contributed by atoms with Crippen molar-refractivity contribution < 1.29 is 18.3 Å². The van der Waals surface area contributed by atoms with E-state index in [2.05, 4.69) is 10.3 Å². The van der Waals surface area contributed by atoms with Crippen molar-refractivity contribution in [1.82, 2.24) is 9.55 Å². The first kappa shape index (κ1) is 21.5. The molecule has 0 saturated heterocycles. The number of nitrogens with one attached hydrogen (secondary N) is 1. The van der Waals surface area contributed by atoms with E-state index in [4.69, 9.17) is 4.74 Å². The molecule has 0 bridgehead atoms. The number of halogens is 2. The number of hydrogen-bond donors (Lipinski definition) is 1. The van der Waals surface area contributed by atoms with Crippen LogP contribution in [0.25, 0.3) is 16.6 Å². The van der Waals surface area contributed by atoms with Crippen LogP contribution < -0.4 is 15.6 Å². The minimum absolute atomic E-state index is 0.112. The van der Waals surface area contributed by atoms with Gasteiger partial charge in [0.05, 0.1) is 29.5 Å². The number of aromatic nitrogens is 2. The molecule has 0 fully saturated rings. The van der Waals surface area contributed by atoms with E-state index in [0.717, 1.165) is 23.9 Å². The van der Waals surface area contributed by atoms with Crippen LogP contribution in [0.2, 0.25) is 0 Å². The van der Waals surface area contributed by atoms with E-state index in [-0.39, 0.29) is 17.0 Å². The van der Waals surface area contributed by atoms with Crippen molar-refractivity contribution in [2.45, 2.75) is 5.16 Å². The number of benzene rings is 3. The van der Waals surface area contributed by atoms with E-state index in [1.807, 2.05) is 0 Å². The smallest absolute Gasteiger partial charge is 0.266 e. The molecule has 3 aromatic carbocycles. The zero-order chi connectivity index (χ0) is 22.7. The van der Waals surface area contributed by atoms with Gasteiger partial charge < -0.3 is 10.1 Å². The van der Waals surface area contributed by atoms with Gasteiger partial charge in [0.15, 0.2) is 16.8 Å². The Morgan fingerprint density at radius 2 is 1.81 bits per heavy atom. The van der Waals surface area contributed by atoms with Gasteiger partial charge in [-0.1, -0.05) is 36.0 Å². The van der Waals surface area contributed by atoms with E-state index >= 15 is 0 Å². The van der Waals surface area contributed by atoms with Crippen LogP contribution in [-0.4, -0.2) is 28.3 Å². The van der Waals surface area contributed by atoms with Crippen LogP contribution in [0.3, 0.4) is 0 Å². The number of carbonyl (C=O) groups is 1. The lowest BCUT2D eigenvalue weighted by Gasteiger charge is -2.15. The Morgan fingerprint density at radius 1 is 1.06 bits per heavy atom. The van der Waals surface area contributed by atoms with Crippen LogP contribution in [0.5, 0.6) is 5.75 Å². The number of ether oxygens (including phenoxy) is 1. The molecule has 4 aromatic rings. The SMILES string of the molecule is COc1ccccc1-n1c(SCC(=O)Nc2ccc(F)c(F)c2)nc2ccccc2c1=O. The summed E-state index contributed by atoms with van der Waals surface area (Å²) in [7, 11) is 1.50. The Kier molecular flexibility index (Phi) is 6.18. The van der Waals surface area contributed by atoms with Crippen molar-refractivity contribution in [2.24, 2.45) is 0 Å². The first-order valence-electron chi connectivity index (χ1n) is 9.51. The molecule has 1 amide bonds. The molecule has 0 spiro atoms. The third-order valence-corrected chi connectivity index (χ3v) is 5.55. The summed E-state index contributed by atoms with van der Waals surface area (Å²) < 4.78 is 33.3. The number of amides is 1. The fourth-order valence-corrected chi connectivity index (χ4v) is 3.94. The van der Waals surface area contributed by atoms with Gasteiger partial charge in [0.2, 0.25) is 5.91 Å². The molecular weight excluding hydrogens is 436 g/mol. The quantitative estimate of drug-likeness (QED) is 0.346. The molecule has 0 atom stereocenters. The van der Waals surface area contributed by atoms with Gasteiger partial charge in [-0.25, -0.2) is 13.8 Å². The number of rotatable bonds is 6. The number of anilines is 1. The molecule has 1 N–H and O–H groups in total. The molecule has 1 heterocycles. The number of methoxy groups -OCH3 is 1. The van der Waals surface area contributed by atoms with Crippen molar-refractivity contribution in [3.8, 4) is 11.4 Å². The molecule has 6 nitrogen and oxygen atoms in total. The van der Waals surface area contributed by atoms with Gasteiger partial charge in [0, 0.05) is 11.8 Å². The monoisotopic (exact) mass is 453 g/mol. The first-order chi connectivity index (χ1) is 15.5. The van der Waals surface area contributed by atoms with Crippen molar-refractivity contribution >= 4 is 34.3 Å². The Morgan fingerprint density at radius 3 is 2.59 bits per heavy atom. The fourth-order valence-electron chi connectivity index (χ4n) is 3.14. The fraction of sp³-hybridized carbons (Fsp3) is 0.0870. The highest BCUT2D eigenvalue weighted by atomic mass is 32.2. The summed E-state index contributed by atoms with van der Waals surface area (Å²) in [5.41, 5.74) is 0.806. The van der Waals surface area contributed by atoms with Crippen LogP contribution >= 0.6 is 11.8 Å². The lowest BCUT2D eigenvalue weighted by atomic mass is 10.2. The number of carbonyl (C=O) groups excluding carboxylic acids is 1. The summed E-state index contributed by atoms with van der Waals surface area (Å²) in [4.78, 5) is 30.3.